The van der Waals surface area contributed by atoms with E-state index in [2.05, 4.69) is 4.85 Å². The Kier molecular flexibility index (Phi) is 4.75. The van der Waals surface area contributed by atoms with Crippen LogP contribution in [0.5, 0.6) is 0 Å². The molecule has 0 saturated heterocycles. The molecule has 0 fully saturated rings. The zero-order valence-corrected chi connectivity index (χ0v) is 20.1. The number of benzene rings is 5. The van der Waals surface area contributed by atoms with Gasteiger partial charge in [-0.2, -0.15) is 0 Å². The molecule has 0 spiro atoms. The number of amides is 2. The quantitative estimate of drug-likeness (QED) is 0.188. The van der Waals surface area contributed by atoms with E-state index in [-0.39, 0.29) is 11.8 Å². The molecular formula is C33H19N3O2. The third-order valence-electron chi connectivity index (χ3n) is 7.15. The summed E-state index contributed by atoms with van der Waals surface area (Å²) in [5.74, 6) is -0.695. The maximum Gasteiger partial charge on any atom is 0.268 e. The molecule has 7 rings (SSSR count). The van der Waals surface area contributed by atoms with E-state index in [1.807, 2.05) is 108 Å². The number of hydrogen-bond acceptors (Lipinski definition) is 2. The highest BCUT2D eigenvalue weighted by Crippen LogP contribution is 2.40. The van der Waals surface area contributed by atoms with Crippen LogP contribution in [-0.4, -0.2) is 16.4 Å². The lowest BCUT2D eigenvalue weighted by Crippen LogP contribution is -2.30. The monoisotopic (exact) mass is 489 g/mol. The second-order valence-electron chi connectivity index (χ2n) is 9.19. The molecule has 5 nitrogen and oxygen atoms in total. The third kappa shape index (κ3) is 3.04. The maximum atomic E-state index is 14.1. The van der Waals surface area contributed by atoms with Gasteiger partial charge in [0.25, 0.3) is 11.8 Å². The molecule has 1 aliphatic rings. The molecule has 38 heavy (non-hydrogen) atoms. The van der Waals surface area contributed by atoms with Crippen molar-refractivity contribution < 1.29 is 9.59 Å². The van der Waals surface area contributed by atoms with Gasteiger partial charge in [0.15, 0.2) is 5.69 Å². The van der Waals surface area contributed by atoms with E-state index in [1.165, 1.54) is 4.90 Å². The highest BCUT2D eigenvalue weighted by molar-refractivity contribution is 6.36. The van der Waals surface area contributed by atoms with E-state index in [9.17, 15) is 9.59 Å². The summed E-state index contributed by atoms with van der Waals surface area (Å²) in [5, 5.41) is 1.91. The van der Waals surface area contributed by atoms with Gasteiger partial charge >= 0.3 is 0 Å². The highest BCUT2D eigenvalue weighted by atomic mass is 16.2. The molecule has 0 unspecified atom stereocenters. The van der Waals surface area contributed by atoms with Gasteiger partial charge in [-0.25, -0.2) is 9.74 Å². The normalized spacial score (nSPS) is 12.8. The van der Waals surface area contributed by atoms with Crippen LogP contribution in [0.3, 0.4) is 0 Å². The van der Waals surface area contributed by atoms with Crippen molar-refractivity contribution in [3.05, 3.63) is 138 Å². The molecule has 0 aliphatic carbocycles. The van der Waals surface area contributed by atoms with Gasteiger partial charge in [0.2, 0.25) is 0 Å². The number of nitrogens with zero attached hydrogens (tertiary/aromatic N) is 3. The summed E-state index contributed by atoms with van der Waals surface area (Å²) in [4.78, 5) is 32.8. The predicted molar refractivity (Wildman–Crippen MR) is 150 cm³/mol. The van der Waals surface area contributed by atoms with Crippen molar-refractivity contribution in [1.82, 2.24) is 4.57 Å². The minimum Gasteiger partial charge on any atom is -0.309 e. The van der Waals surface area contributed by atoms with E-state index >= 15 is 0 Å². The highest BCUT2D eigenvalue weighted by Gasteiger charge is 2.40. The SMILES string of the molecule is [C-]#[N+]c1ccc2c(c1)c1ccccc1n2-c1cccc2c1C(=O)N(c1ccccc1-c1ccccc1)C2=O. The number of anilines is 1. The maximum absolute atomic E-state index is 14.1. The minimum atomic E-state index is -0.354. The largest absolute Gasteiger partial charge is 0.309 e. The van der Waals surface area contributed by atoms with E-state index in [4.69, 9.17) is 6.57 Å². The summed E-state index contributed by atoms with van der Waals surface area (Å²) in [6.07, 6.45) is 0. The van der Waals surface area contributed by atoms with Gasteiger partial charge in [0.05, 0.1) is 40.1 Å². The lowest BCUT2D eigenvalue weighted by molar-refractivity contribution is 0.0926. The summed E-state index contributed by atoms with van der Waals surface area (Å²) in [7, 11) is 0. The number of para-hydroxylation sites is 2. The molecular weight excluding hydrogens is 470 g/mol. The Labute approximate surface area is 218 Å². The smallest absolute Gasteiger partial charge is 0.268 e. The lowest BCUT2D eigenvalue weighted by atomic mass is 10.0. The number of aromatic nitrogens is 1. The number of carbonyl (C=O) groups is 2. The molecule has 0 atom stereocenters. The first-order valence-electron chi connectivity index (χ1n) is 12.2. The average Bonchev–Trinajstić information content (AvgIpc) is 3.44. The first-order chi connectivity index (χ1) is 18.7. The van der Waals surface area contributed by atoms with Crippen LogP contribution in [0.15, 0.2) is 115 Å². The van der Waals surface area contributed by atoms with Crippen molar-refractivity contribution in [2.75, 3.05) is 4.90 Å². The summed E-state index contributed by atoms with van der Waals surface area (Å²) >= 11 is 0. The van der Waals surface area contributed by atoms with Gasteiger partial charge in [0.1, 0.15) is 0 Å². The molecule has 5 heteroatoms. The van der Waals surface area contributed by atoms with Crippen LogP contribution >= 0.6 is 0 Å². The third-order valence-corrected chi connectivity index (χ3v) is 7.15. The van der Waals surface area contributed by atoms with Crippen molar-refractivity contribution >= 4 is 45.0 Å². The van der Waals surface area contributed by atoms with Gasteiger partial charge in [-0.05, 0) is 47.3 Å². The van der Waals surface area contributed by atoms with E-state index in [0.717, 1.165) is 32.9 Å². The van der Waals surface area contributed by atoms with Crippen LogP contribution in [-0.2, 0) is 0 Å². The summed E-state index contributed by atoms with van der Waals surface area (Å²) < 4.78 is 2.02. The molecule has 1 aliphatic heterocycles. The second-order valence-corrected chi connectivity index (χ2v) is 9.19. The summed E-state index contributed by atoms with van der Waals surface area (Å²) in [5.41, 5.74) is 6.01. The van der Waals surface area contributed by atoms with Gasteiger partial charge in [-0.1, -0.05) is 78.9 Å². The zero-order valence-electron chi connectivity index (χ0n) is 20.1. The fourth-order valence-corrected chi connectivity index (χ4v) is 5.49. The Balaban J connectivity index is 1.46. The predicted octanol–water partition coefficient (Wildman–Crippen LogP) is 7.80. The fourth-order valence-electron chi connectivity index (χ4n) is 5.49. The summed E-state index contributed by atoms with van der Waals surface area (Å²) in [6, 6.07) is 36.2. The standard InChI is InChI=1S/C33H19N3O2/c1-34-22-18-19-29-26(20-22)24-13-6-8-16-28(24)35(29)30-17-9-14-25-31(30)33(38)36(32(25)37)27-15-7-5-12-23(27)21-10-3-2-4-11-21/h2-20H. The molecule has 5 aromatic carbocycles. The zero-order chi connectivity index (χ0) is 25.8. The average molecular weight is 490 g/mol. The van der Waals surface area contributed by atoms with Crippen molar-refractivity contribution in [3.63, 3.8) is 0 Å². The second kappa shape index (κ2) is 8.29. The van der Waals surface area contributed by atoms with Gasteiger partial charge < -0.3 is 4.57 Å². The molecule has 0 bridgehead atoms. The molecule has 0 radical (unpaired) electrons. The number of rotatable bonds is 3. The Morgan fingerprint density at radius 3 is 2.11 bits per heavy atom. The van der Waals surface area contributed by atoms with Crippen molar-refractivity contribution in [1.29, 1.82) is 0 Å². The van der Waals surface area contributed by atoms with E-state index in [0.29, 0.717) is 28.2 Å². The van der Waals surface area contributed by atoms with Crippen molar-refractivity contribution in [3.8, 4) is 16.8 Å². The Hall–Kier alpha value is -5.47. The number of fused-ring (bicyclic) bond motifs is 4. The number of carbonyl (C=O) groups excluding carboxylic acids is 2. The minimum absolute atomic E-state index is 0.341. The van der Waals surface area contributed by atoms with Crippen LogP contribution in [0.4, 0.5) is 11.4 Å². The summed E-state index contributed by atoms with van der Waals surface area (Å²) in [6.45, 7) is 7.46. The van der Waals surface area contributed by atoms with Gasteiger partial charge in [-0.3, -0.25) is 9.59 Å². The van der Waals surface area contributed by atoms with Crippen molar-refractivity contribution in [2.24, 2.45) is 0 Å². The van der Waals surface area contributed by atoms with E-state index in [1.54, 1.807) is 12.1 Å². The van der Waals surface area contributed by atoms with Crippen LogP contribution < -0.4 is 4.90 Å². The van der Waals surface area contributed by atoms with Crippen molar-refractivity contribution in [2.45, 2.75) is 0 Å². The molecule has 0 N–H and O–H groups in total. The lowest BCUT2D eigenvalue weighted by Gasteiger charge is -2.18. The molecule has 0 saturated carbocycles. The Morgan fingerprint density at radius 2 is 1.26 bits per heavy atom. The molecule has 2 amide bonds. The first kappa shape index (κ1) is 21.8. The molecule has 1 aromatic heterocycles. The van der Waals surface area contributed by atoms with Crippen LogP contribution in [0, 0.1) is 6.57 Å². The fraction of sp³-hybridized carbons (Fsp3) is 0. The molecule has 2 heterocycles. The van der Waals surface area contributed by atoms with Crippen LogP contribution in [0.25, 0.3) is 43.5 Å². The first-order valence-corrected chi connectivity index (χ1v) is 12.2. The Bertz CT molecular complexity index is 1980. The number of imide groups is 1. The molecule has 178 valence electrons. The molecule has 6 aromatic rings. The topological polar surface area (TPSA) is 46.7 Å². The Morgan fingerprint density at radius 1 is 0.579 bits per heavy atom. The van der Waals surface area contributed by atoms with Gasteiger partial charge in [0, 0.05) is 10.9 Å². The van der Waals surface area contributed by atoms with Crippen LogP contribution in [0.1, 0.15) is 20.7 Å². The number of hydrogen-bond donors (Lipinski definition) is 0. The van der Waals surface area contributed by atoms with Crippen LogP contribution in [0.2, 0.25) is 0 Å². The van der Waals surface area contributed by atoms with Gasteiger partial charge in [-0.15, -0.1) is 0 Å². The van der Waals surface area contributed by atoms with E-state index < -0.39 is 0 Å².